The molecule has 1 N–H and O–H groups in total. The van der Waals surface area contributed by atoms with Crippen LogP contribution in [-0.4, -0.2) is 19.8 Å². The SMILES string of the molecule is CCCCCNCc1ccc(OCC)c(OCC)c1.Cl. The van der Waals surface area contributed by atoms with Crippen molar-refractivity contribution in [2.75, 3.05) is 19.8 Å². The molecule has 3 nitrogen and oxygen atoms in total. The standard InChI is InChI=1S/C16H27NO2.ClH/c1-4-7-8-11-17-13-14-9-10-15(18-5-2)16(12-14)19-6-3;/h9-10,12,17H,4-8,11,13H2,1-3H3;1H. The molecule has 0 saturated heterocycles. The summed E-state index contributed by atoms with van der Waals surface area (Å²) >= 11 is 0. The van der Waals surface area contributed by atoms with Crippen LogP contribution in [0, 0.1) is 0 Å². The van der Waals surface area contributed by atoms with Crippen LogP contribution < -0.4 is 14.8 Å². The number of nitrogens with one attached hydrogen (secondary N) is 1. The molecule has 116 valence electrons. The summed E-state index contributed by atoms with van der Waals surface area (Å²) in [4.78, 5) is 0. The summed E-state index contributed by atoms with van der Waals surface area (Å²) in [6, 6.07) is 6.17. The lowest BCUT2D eigenvalue weighted by Gasteiger charge is -2.12. The van der Waals surface area contributed by atoms with Gasteiger partial charge in [0.15, 0.2) is 11.5 Å². The van der Waals surface area contributed by atoms with Gasteiger partial charge in [-0.05, 0) is 44.5 Å². The average molecular weight is 302 g/mol. The lowest BCUT2D eigenvalue weighted by molar-refractivity contribution is 0.287. The van der Waals surface area contributed by atoms with Gasteiger partial charge in [0.05, 0.1) is 13.2 Å². The Balaban J connectivity index is 0.00000361. The van der Waals surface area contributed by atoms with E-state index >= 15 is 0 Å². The minimum absolute atomic E-state index is 0. The molecule has 4 heteroatoms. The second-order valence-corrected chi connectivity index (χ2v) is 4.53. The Morgan fingerprint density at radius 3 is 2.30 bits per heavy atom. The third kappa shape index (κ3) is 7.01. The summed E-state index contributed by atoms with van der Waals surface area (Å²) in [7, 11) is 0. The van der Waals surface area contributed by atoms with Gasteiger partial charge in [0, 0.05) is 6.54 Å². The first-order valence-corrected chi connectivity index (χ1v) is 7.41. The van der Waals surface area contributed by atoms with Gasteiger partial charge in [-0.15, -0.1) is 12.4 Å². The van der Waals surface area contributed by atoms with Crippen LogP contribution >= 0.6 is 12.4 Å². The number of rotatable bonds is 10. The van der Waals surface area contributed by atoms with Crippen molar-refractivity contribution < 1.29 is 9.47 Å². The normalized spacial score (nSPS) is 9.95. The van der Waals surface area contributed by atoms with Gasteiger partial charge >= 0.3 is 0 Å². The largest absolute Gasteiger partial charge is 0.490 e. The minimum Gasteiger partial charge on any atom is -0.490 e. The van der Waals surface area contributed by atoms with Gasteiger partial charge in [-0.25, -0.2) is 0 Å². The molecule has 0 spiro atoms. The van der Waals surface area contributed by atoms with Gasteiger partial charge in [-0.2, -0.15) is 0 Å². The van der Waals surface area contributed by atoms with Crippen molar-refractivity contribution in [3.63, 3.8) is 0 Å². The van der Waals surface area contributed by atoms with E-state index in [0.29, 0.717) is 13.2 Å². The Hall–Kier alpha value is -0.930. The van der Waals surface area contributed by atoms with E-state index in [1.165, 1.54) is 24.8 Å². The van der Waals surface area contributed by atoms with E-state index in [-0.39, 0.29) is 12.4 Å². The molecule has 0 aliphatic rings. The molecule has 1 aromatic carbocycles. The molecular formula is C16H28ClNO2. The van der Waals surface area contributed by atoms with Crippen molar-refractivity contribution in [2.45, 2.75) is 46.6 Å². The van der Waals surface area contributed by atoms with E-state index in [2.05, 4.69) is 24.4 Å². The van der Waals surface area contributed by atoms with Crippen LogP contribution in [-0.2, 0) is 6.54 Å². The second-order valence-electron chi connectivity index (χ2n) is 4.53. The van der Waals surface area contributed by atoms with Crippen LogP contribution in [0.3, 0.4) is 0 Å². The summed E-state index contributed by atoms with van der Waals surface area (Å²) in [6.45, 7) is 9.48. The molecule has 0 radical (unpaired) electrons. The van der Waals surface area contributed by atoms with E-state index in [1.54, 1.807) is 0 Å². The van der Waals surface area contributed by atoms with Crippen molar-refractivity contribution in [3.8, 4) is 11.5 Å². The molecular weight excluding hydrogens is 274 g/mol. The molecule has 1 rings (SSSR count). The number of hydrogen-bond donors (Lipinski definition) is 1. The Morgan fingerprint density at radius 2 is 1.65 bits per heavy atom. The quantitative estimate of drug-likeness (QED) is 0.657. The first-order chi connectivity index (χ1) is 9.31. The summed E-state index contributed by atoms with van der Waals surface area (Å²) in [5.74, 6) is 1.68. The van der Waals surface area contributed by atoms with Gasteiger partial charge in [-0.1, -0.05) is 25.8 Å². The maximum Gasteiger partial charge on any atom is 0.161 e. The fourth-order valence-electron chi connectivity index (χ4n) is 1.94. The van der Waals surface area contributed by atoms with Gasteiger partial charge in [0.25, 0.3) is 0 Å². The maximum absolute atomic E-state index is 5.62. The predicted molar refractivity (Wildman–Crippen MR) is 87.3 cm³/mol. The van der Waals surface area contributed by atoms with Crippen LogP contribution in [0.25, 0.3) is 0 Å². The Labute approximate surface area is 129 Å². The van der Waals surface area contributed by atoms with E-state index < -0.39 is 0 Å². The van der Waals surface area contributed by atoms with E-state index in [9.17, 15) is 0 Å². The molecule has 0 unspecified atom stereocenters. The van der Waals surface area contributed by atoms with Crippen molar-refractivity contribution >= 4 is 12.4 Å². The molecule has 0 saturated carbocycles. The highest BCUT2D eigenvalue weighted by Crippen LogP contribution is 2.28. The molecule has 0 amide bonds. The monoisotopic (exact) mass is 301 g/mol. The zero-order chi connectivity index (χ0) is 13.9. The smallest absolute Gasteiger partial charge is 0.161 e. The van der Waals surface area contributed by atoms with Crippen LogP contribution in [0.2, 0.25) is 0 Å². The lowest BCUT2D eigenvalue weighted by atomic mass is 10.2. The van der Waals surface area contributed by atoms with Crippen LogP contribution in [0.5, 0.6) is 11.5 Å². The molecule has 0 aliphatic heterocycles. The first kappa shape index (κ1) is 19.1. The van der Waals surface area contributed by atoms with Crippen LogP contribution in [0.1, 0.15) is 45.6 Å². The molecule has 0 aliphatic carbocycles. The molecule has 0 atom stereocenters. The summed E-state index contributed by atoms with van der Waals surface area (Å²) in [5, 5.41) is 3.46. The Morgan fingerprint density at radius 1 is 0.950 bits per heavy atom. The highest BCUT2D eigenvalue weighted by Gasteiger charge is 2.05. The van der Waals surface area contributed by atoms with Gasteiger partial charge < -0.3 is 14.8 Å². The highest BCUT2D eigenvalue weighted by molar-refractivity contribution is 5.85. The van der Waals surface area contributed by atoms with Gasteiger partial charge in [-0.3, -0.25) is 0 Å². The van der Waals surface area contributed by atoms with E-state index in [1.807, 2.05) is 19.9 Å². The number of halogens is 1. The lowest BCUT2D eigenvalue weighted by Crippen LogP contribution is -2.14. The van der Waals surface area contributed by atoms with E-state index in [4.69, 9.17) is 9.47 Å². The van der Waals surface area contributed by atoms with Gasteiger partial charge in [0.1, 0.15) is 0 Å². The third-order valence-electron chi connectivity index (χ3n) is 2.89. The number of unbranched alkanes of at least 4 members (excludes halogenated alkanes) is 2. The predicted octanol–water partition coefficient (Wildman–Crippen LogP) is 4.19. The highest BCUT2D eigenvalue weighted by atomic mass is 35.5. The zero-order valence-electron chi connectivity index (χ0n) is 12.9. The molecule has 0 bridgehead atoms. The fraction of sp³-hybridized carbons (Fsp3) is 0.625. The van der Waals surface area contributed by atoms with Crippen molar-refractivity contribution in [1.82, 2.24) is 5.32 Å². The van der Waals surface area contributed by atoms with Crippen molar-refractivity contribution in [2.24, 2.45) is 0 Å². The minimum atomic E-state index is 0. The first-order valence-electron chi connectivity index (χ1n) is 7.41. The number of hydrogen-bond acceptors (Lipinski definition) is 3. The van der Waals surface area contributed by atoms with Gasteiger partial charge in [0.2, 0.25) is 0 Å². The second kappa shape index (κ2) is 11.9. The van der Waals surface area contributed by atoms with Crippen LogP contribution in [0.4, 0.5) is 0 Å². The van der Waals surface area contributed by atoms with Crippen molar-refractivity contribution in [3.05, 3.63) is 23.8 Å². The average Bonchev–Trinajstić information content (AvgIpc) is 2.42. The summed E-state index contributed by atoms with van der Waals surface area (Å²) < 4.78 is 11.2. The Kier molecular flexibility index (Phi) is 11.3. The maximum atomic E-state index is 5.62. The molecule has 0 aromatic heterocycles. The topological polar surface area (TPSA) is 30.5 Å². The molecule has 0 fully saturated rings. The Bertz CT molecular complexity index is 358. The number of ether oxygens (including phenoxy) is 2. The number of benzene rings is 1. The zero-order valence-corrected chi connectivity index (χ0v) is 13.7. The third-order valence-corrected chi connectivity index (χ3v) is 2.89. The molecule has 0 heterocycles. The molecule has 1 aromatic rings. The van der Waals surface area contributed by atoms with Crippen molar-refractivity contribution in [1.29, 1.82) is 0 Å². The fourth-order valence-corrected chi connectivity index (χ4v) is 1.94. The molecule has 20 heavy (non-hydrogen) atoms. The van der Waals surface area contributed by atoms with E-state index in [0.717, 1.165) is 24.6 Å². The van der Waals surface area contributed by atoms with Crippen LogP contribution in [0.15, 0.2) is 18.2 Å². The summed E-state index contributed by atoms with van der Waals surface area (Å²) in [5.41, 5.74) is 1.24. The summed E-state index contributed by atoms with van der Waals surface area (Å²) in [6.07, 6.45) is 3.80.